The first-order chi connectivity index (χ1) is 7.29. The number of benzene rings is 1. The molecule has 1 saturated heterocycles. The van der Waals surface area contributed by atoms with Gasteiger partial charge in [0.05, 0.1) is 6.10 Å². The molecule has 0 aliphatic carbocycles. The van der Waals surface area contributed by atoms with E-state index in [0.717, 1.165) is 25.2 Å². The Bertz CT molecular complexity index is 310. The summed E-state index contributed by atoms with van der Waals surface area (Å²) < 4.78 is 5.50. The fourth-order valence-electron chi connectivity index (χ4n) is 1.95. The molecule has 1 aromatic rings. The minimum atomic E-state index is 0.333. The van der Waals surface area contributed by atoms with Gasteiger partial charge < -0.3 is 15.4 Å². The number of hydrogen-bond acceptors (Lipinski definition) is 3. The van der Waals surface area contributed by atoms with Crippen LogP contribution in [0.4, 0.5) is 11.4 Å². The van der Waals surface area contributed by atoms with Crippen molar-refractivity contribution in [3.05, 3.63) is 31.2 Å². The van der Waals surface area contributed by atoms with Crippen LogP contribution in [-0.4, -0.2) is 25.8 Å². The largest absolute Gasteiger partial charge is 0.399 e. The average molecular weight is 205 g/mol. The molecule has 0 saturated carbocycles. The summed E-state index contributed by atoms with van der Waals surface area (Å²) >= 11 is 0. The normalized spacial score (nSPS) is 20.9. The first-order valence-corrected chi connectivity index (χ1v) is 5.31. The summed E-state index contributed by atoms with van der Waals surface area (Å²) in [5.74, 6) is 0. The first kappa shape index (κ1) is 10.3. The van der Waals surface area contributed by atoms with Gasteiger partial charge in [0, 0.05) is 31.1 Å². The number of ether oxygens (including phenoxy) is 1. The highest BCUT2D eigenvalue weighted by atomic mass is 16.5. The lowest BCUT2D eigenvalue weighted by molar-refractivity contribution is 0.0896. The van der Waals surface area contributed by atoms with Crippen molar-refractivity contribution in [3.63, 3.8) is 0 Å². The van der Waals surface area contributed by atoms with Crippen molar-refractivity contribution in [2.75, 3.05) is 30.3 Å². The van der Waals surface area contributed by atoms with Crippen LogP contribution in [0.2, 0.25) is 0 Å². The van der Waals surface area contributed by atoms with E-state index in [9.17, 15) is 0 Å². The van der Waals surface area contributed by atoms with Crippen molar-refractivity contribution < 1.29 is 4.74 Å². The predicted octanol–water partition coefficient (Wildman–Crippen LogP) is 1.70. The zero-order valence-electron chi connectivity index (χ0n) is 8.86. The van der Waals surface area contributed by atoms with Gasteiger partial charge in [-0.3, -0.25) is 0 Å². The third kappa shape index (κ3) is 2.42. The topological polar surface area (TPSA) is 38.5 Å². The summed E-state index contributed by atoms with van der Waals surface area (Å²) in [7, 11) is 0. The van der Waals surface area contributed by atoms with Crippen molar-refractivity contribution in [1.82, 2.24) is 0 Å². The van der Waals surface area contributed by atoms with Gasteiger partial charge in [0.15, 0.2) is 0 Å². The van der Waals surface area contributed by atoms with Crippen LogP contribution >= 0.6 is 0 Å². The van der Waals surface area contributed by atoms with E-state index in [2.05, 4.69) is 24.0 Å². The molecule has 1 unspecified atom stereocenters. The van der Waals surface area contributed by atoms with Crippen molar-refractivity contribution >= 4 is 11.4 Å². The molecule has 2 N–H and O–H groups in total. The van der Waals surface area contributed by atoms with E-state index in [1.54, 1.807) is 0 Å². The molecular weight excluding hydrogens is 188 g/mol. The van der Waals surface area contributed by atoms with Crippen LogP contribution in [0.15, 0.2) is 24.3 Å². The maximum Gasteiger partial charge on any atom is 0.0766 e. The highest BCUT2D eigenvalue weighted by molar-refractivity contribution is 5.53. The Morgan fingerprint density at radius 3 is 2.80 bits per heavy atom. The van der Waals surface area contributed by atoms with E-state index >= 15 is 0 Å². The first-order valence-electron chi connectivity index (χ1n) is 5.31. The molecule has 1 aliphatic heterocycles. The van der Waals surface area contributed by atoms with Crippen LogP contribution in [0.5, 0.6) is 0 Å². The Labute approximate surface area is 90.8 Å². The molecule has 1 atom stereocenters. The Hall–Kier alpha value is -1.22. The molecule has 15 heavy (non-hydrogen) atoms. The summed E-state index contributed by atoms with van der Waals surface area (Å²) in [5, 5.41) is 0. The van der Waals surface area contributed by atoms with Crippen molar-refractivity contribution in [2.24, 2.45) is 0 Å². The predicted molar refractivity (Wildman–Crippen MR) is 62.8 cm³/mol. The lowest BCUT2D eigenvalue weighted by atomic mass is 10.2. The quantitative estimate of drug-likeness (QED) is 0.763. The van der Waals surface area contributed by atoms with Crippen LogP contribution in [0.3, 0.4) is 0 Å². The van der Waals surface area contributed by atoms with Crippen molar-refractivity contribution in [3.8, 4) is 0 Å². The van der Waals surface area contributed by atoms with E-state index in [1.807, 2.05) is 12.1 Å². The molecule has 1 aliphatic rings. The smallest absolute Gasteiger partial charge is 0.0766 e. The van der Waals surface area contributed by atoms with Crippen LogP contribution < -0.4 is 10.6 Å². The van der Waals surface area contributed by atoms with Gasteiger partial charge in [0.25, 0.3) is 0 Å². The molecule has 3 heteroatoms. The van der Waals surface area contributed by atoms with E-state index in [-0.39, 0.29) is 0 Å². The number of rotatable bonds is 3. The number of anilines is 2. The van der Waals surface area contributed by atoms with Gasteiger partial charge in [0.2, 0.25) is 0 Å². The summed E-state index contributed by atoms with van der Waals surface area (Å²) in [5.41, 5.74) is 7.68. The summed E-state index contributed by atoms with van der Waals surface area (Å²) in [4.78, 5) is 2.32. The molecule has 1 heterocycles. The fourth-order valence-corrected chi connectivity index (χ4v) is 1.95. The van der Waals surface area contributed by atoms with Crippen LogP contribution in [-0.2, 0) is 4.74 Å². The third-order valence-electron chi connectivity index (χ3n) is 2.76. The second-order valence-corrected chi connectivity index (χ2v) is 3.82. The van der Waals surface area contributed by atoms with Gasteiger partial charge in [-0.25, -0.2) is 0 Å². The van der Waals surface area contributed by atoms with Gasteiger partial charge >= 0.3 is 0 Å². The number of nitrogens with two attached hydrogens (primary N) is 1. The molecule has 0 spiro atoms. The lowest BCUT2D eigenvalue weighted by Gasteiger charge is -2.18. The molecule has 1 aromatic carbocycles. The fraction of sp³-hybridized carbons (Fsp3) is 0.417. The molecule has 0 bridgehead atoms. The monoisotopic (exact) mass is 205 g/mol. The Balaban J connectivity index is 1.98. The molecule has 0 amide bonds. The Morgan fingerprint density at radius 1 is 1.40 bits per heavy atom. The van der Waals surface area contributed by atoms with Gasteiger partial charge in [-0.15, -0.1) is 0 Å². The SMILES string of the molecule is [CH2]COC1CCN(c2ccc(N)cc2)C1. The maximum absolute atomic E-state index is 5.65. The third-order valence-corrected chi connectivity index (χ3v) is 2.76. The van der Waals surface area contributed by atoms with Crippen LogP contribution in [0.1, 0.15) is 6.42 Å². The number of nitrogens with zero attached hydrogens (tertiary/aromatic N) is 1. The minimum Gasteiger partial charge on any atom is -0.399 e. The van der Waals surface area contributed by atoms with Crippen LogP contribution in [0, 0.1) is 6.92 Å². The molecular formula is C12H17N2O. The van der Waals surface area contributed by atoms with Gasteiger partial charge in [0.1, 0.15) is 0 Å². The second-order valence-electron chi connectivity index (χ2n) is 3.82. The highest BCUT2D eigenvalue weighted by Gasteiger charge is 2.22. The molecule has 81 valence electrons. The molecule has 1 fully saturated rings. The van der Waals surface area contributed by atoms with E-state index < -0.39 is 0 Å². The Morgan fingerprint density at radius 2 is 2.13 bits per heavy atom. The molecule has 3 nitrogen and oxygen atoms in total. The zero-order valence-corrected chi connectivity index (χ0v) is 8.86. The second kappa shape index (κ2) is 4.53. The average Bonchev–Trinajstić information content (AvgIpc) is 2.68. The zero-order chi connectivity index (χ0) is 10.7. The van der Waals surface area contributed by atoms with Gasteiger partial charge in [-0.05, 0) is 37.6 Å². The number of hydrogen-bond donors (Lipinski definition) is 1. The highest BCUT2D eigenvalue weighted by Crippen LogP contribution is 2.22. The van der Waals surface area contributed by atoms with E-state index in [0.29, 0.717) is 12.7 Å². The van der Waals surface area contributed by atoms with Gasteiger partial charge in [-0.2, -0.15) is 0 Å². The van der Waals surface area contributed by atoms with Crippen molar-refractivity contribution in [1.29, 1.82) is 0 Å². The van der Waals surface area contributed by atoms with Crippen molar-refractivity contribution in [2.45, 2.75) is 12.5 Å². The maximum atomic E-state index is 5.65. The molecule has 1 radical (unpaired) electrons. The summed E-state index contributed by atoms with van der Waals surface area (Å²) in [6, 6.07) is 7.99. The van der Waals surface area contributed by atoms with E-state index in [4.69, 9.17) is 10.5 Å². The van der Waals surface area contributed by atoms with Gasteiger partial charge in [-0.1, -0.05) is 0 Å². The molecule has 2 rings (SSSR count). The molecule has 0 aromatic heterocycles. The minimum absolute atomic E-state index is 0.333. The van der Waals surface area contributed by atoms with E-state index in [1.165, 1.54) is 5.69 Å². The van der Waals surface area contributed by atoms with Crippen LogP contribution in [0.25, 0.3) is 0 Å². The number of nitrogen functional groups attached to an aromatic ring is 1. The lowest BCUT2D eigenvalue weighted by Crippen LogP contribution is -2.22. The Kier molecular flexibility index (Phi) is 3.11. The summed E-state index contributed by atoms with van der Waals surface area (Å²) in [6.07, 6.45) is 1.42. The summed E-state index contributed by atoms with van der Waals surface area (Å²) in [6.45, 7) is 6.27. The standard InChI is InChI=1S/C12H17N2O/c1-2-15-12-7-8-14(9-12)11-5-3-10(13)4-6-11/h3-6,12H,1-2,7-9,13H2.